The summed E-state index contributed by atoms with van der Waals surface area (Å²) in [4.78, 5) is 27.8. The van der Waals surface area contributed by atoms with Crippen LogP contribution in [0.1, 0.15) is 25.0 Å². The molecule has 1 saturated heterocycles. The van der Waals surface area contributed by atoms with Crippen molar-refractivity contribution in [2.45, 2.75) is 38.0 Å². The third kappa shape index (κ3) is 7.17. The van der Waals surface area contributed by atoms with Gasteiger partial charge in [0.15, 0.2) is 11.4 Å². The van der Waals surface area contributed by atoms with Crippen molar-refractivity contribution in [2.24, 2.45) is 0 Å². The molecule has 1 aliphatic rings. The number of halogens is 10. The Morgan fingerprint density at radius 2 is 1.52 bits per heavy atom. The number of alkyl halides is 9. The van der Waals surface area contributed by atoms with Crippen LogP contribution in [0.4, 0.5) is 64.9 Å². The van der Waals surface area contributed by atoms with Crippen molar-refractivity contribution in [3.8, 4) is 5.75 Å². The first-order valence-electron chi connectivity index (χ1n) is 11.9. The molecule has 7 nitrogen and oxygen atoms in total. The van der Waals surface area contributed by atoms with E-state index in [0.717, 1.165) is 50.1 Å². The van der Waals surface area contributed by atoms with Gasteiger partial charge in [-0.1, -0.05) is 0 Å². The molecule has 0 atom stereocenters. The minimum absolute atomic E-state index is 0.0476. The van der Waals surface area contributed by atoms with Gasteiger partial charge in [-0.3, -0.25) is 9.80 Å². The van der Waals surface area contributed by atoms with E-state index in [-0.39, 0.29) is 24.4 Å². The van der Waals surface area contributed by atoms with Crippen molar-refractivity contribution >= 4 is 23.5 Å². The molecule has 2 aromatic rings. The third-order valence-electron chi connectivity index (χ3n) is 6.27. The summed E-state index contributed by atoms with van der Waals surface area (Å²) in [7, 11) is 1.04. The largest absolute Gasteiger partial charge is 0.420 e. The van der Waals surface area contributed by atoms with Crippen LogP contribution in [0.5, 0.6) is 5.75 Å². The second-order valence-electron chi connectivity index (χ2n) is 9.55. The molecular formula is C25H23F10N3O4. The van der Waals surface area contributed by atoms with Crippen LogP contribution in [0.15, 0.2) is 36.4 Å². The molecule has 0 aromatic heterocycles. The molecule has 0 unspecified atom stereocenters. The Hall–Kier alpha value is -3.76. The summed E-state index contributed by atoms with van der Waals surface area (Å²) < 4.78 is 145. The van der Waals surface area contributed by atoms with E-state index in [0.29, 0.717) is 9.80 Å². The highest BCUT2D eigenvalue weighted by atomic mass is 19.4. The zero-order valence-electron chi connectivity index (χ0n) is 22.0. The summed E-state index contributed by atoms with van der Waals surface area (Å²) >= 11 is 0. The molecule has 0 N–H and O–H groups in total. The SMILES string of the molecule is CN(C(=O)Oc1c(N2CCN(CCOC(C)(C)C(F)(F)F)C2=O)cc(C(F)(F)F)cc1C(F)(F)F)c1ccc(F)cc1. The van der Waals surface area contributed by atoms with E-state index in [1.807, 2.05) is 0 Å². The molecule has 3 rings (SSSR count). The topological polar surface area (TPSA) is 62.3 Å². The van der Waals surface area contributed by atoms with Gasteiger partial charge in [-0.05, 0) is 50.2 Å². The molecule has 0 bridgehead atoms. The van der Waals surface area contributed by atoms with E-state index >= 15 is 0 Å². The summed E-state index contributed by atoms with van der Waals surface area (Å²) in [6.45, 7) is -0.491. The van der Waals surface area contributed by atoms with E-state index < -0.39 is 84.3 Å². The second-order valence-corrected chi connectivity index (χ2v) is 9.55. The Balaban J connectivity index is 1.99. The van der Waals surface area contributed by atoms with Crippen LogP contribution in [0.25, 0.3) is 0 Å². The molecule has 1 heterocycles. The Morgan fingerprint density at radius 3 is 2.05 bits per heavy atom. The van der Waals surface area contributed by atoms with Gasteiger partial charge in [-0.15, -0.1) is 0 Å². The Kier molecular flexibility index (Phi) is 8.96. The van der Waals surface area contributed by atoms with E-state index in [1.165, 1.54) is 0 Å². The number of amides is 3. The predicted octanol–water partition coefficient (Wildman–Crippen LogP) is 7.10. The van der Waals surface area contributed by atoms with Gasteiger partial charge in [0.25, 0.3) is 0 Å². The highest BCUT2D eigenvalue weighted by Gasteiger charge is 2.49. The van der Waals surface area contributed by atoms with Gasteiger partial charge in [-0.2, -0.15) is 39.5 Å². The zero-order valence-corrected chi connectivity index (χ0v) is 22.0. The number of ether oxygens (including phenoxy) is 2. The van der Waals surface area contributed by atoms with Crippen LogP contribution in [0, 0.1) is 5.82 Å². The first-order valence-corrected chi connectivity index (χ1v) is 11.9. The highest BCUT2D eigenvalue weighted by Crippen LogP contribution is 2.47. The van der Waals surface area contributed by atoms with Gasteiger partial charge < -0.3 is 14.4 Å². The van der Waals surface area contributed by atoms with Crippen molar-refractivity contribution < 1.29 is 63.0 Å². The molecule has 17 heteroatoms. The number of carbonyl (C=O) groups is 2. The molecule has 0 spiro atoms. The van der Waals surface area contributed by atoms with Crippen LogP contribution >= 0.6 is 0 Å². The van der Waals surface area contributed by atoms with Crippen molar-refractivity contribution in [2.75, 3.05) is 43.1 Å². The Labute approximate surface area is 232 Å². The Morgan fingerprint density at radius 1 is 0.929 bits per heavy atom. The monoisotopic (exact) mass is 619 g/mol. The number of urea groups is 1. The number of rotatable bonds is 7. The summed E-state index contributed by atoms with van der Waals surface area (Å²) in [5, 5.41) is 0. The Bertz CT molecular complexity index is 1310. The number of hydrogen-bond acceptors (Lipinski definition) is 4. The maximum Gasteiger partial charge on any atom is 0.420 e. The molecule has 232 valence electrons. The average Bonchev–Trinajstić information content (AvgIpc) is 3.21. The van der Waals surface area contributed by atoms with Crippen LogP contribution in [-0.4, -0.2) is 62.1 Å². The summed E-state index contributed by atoms with van der Waals surface area (Å²) in [5.74, 6) is -2.12. The lowest BCUT2D eigenvalue weighted by Gasteiger charge is -2.29. The fourth-order valence-electron chi connectivity index (χ4n) is 3.73. The molecule has 2 aromatic carbocycles. The number of nitrogens with zero attached hydrogens (tertiary/aromatic N) is 3. The number of benzene rings is 2. The van der Waals surface area contributed by atoms with Gasteiger partial charge in [0, 0.05) is 32.4 Å². The number of anilines is 2. The normalized spacial score (nSPS) is 14.9. The second kappa shape index (κ2) is 11.5. The minimum Gasteiger partial charge on any atom is -0.407 e. The molecule has 42 heavy (non-hydrogen) atoms. The van der Waals surface area contributed by atoms with Crippen LogP contribution < -0.4 is 14.5 Å². The van der Waals surface area contributed by atoms with Gasteiger partial charge in [0.2, 0.25) is 0 Å². The smallest absolute Gasteiger partial charge is 0.407 e. The first-order chi connectivity index (χ1) is 19.1. The van der Waals surface area contributed by atoms with E-state index in [4.69, 9.17) is 9.47 Å². The molecule has 0 radical (unpaired) electrons. The molecule has 3 amide bonds. The van der Waals surface area contributed by atoms with E-state index in [2.05, 4.69) is 0 Å². The lowest BCUT2D eigenvalue weighted by Crippen LogP contribution is -2.44. The van der Waals surface area contributed by atoms with E-state index in [9.17, 15) is 53.5 Å². The minimum atomic E-state index is -5.50. The van der Waals surface area contributed by atoms with Crippen LogP contribution in [-0.2, 0) is 17.1 Å². The maximum atomic E-state index is 14.0. The summed E-state index contributed by atoms with van der Waals surface area (Å²) in [6, 6.07) is 2.77. The van der Waals surface area contributed by atoms with Gasteiger partial charge >= 0.3 is 30.7 Å². The first kappa shape index (κ1) is 32.8. The fraction of sp³-hybridized carbons (Fsp3) is 0.440. The van der Waals surface area contributed by atoms with Crippen molar-refractivity contribution in [1.82, 2.24) is 4.90 Å². The van der Waals surface area contributed by atoms with Gasteiger partial charge in [0.1, 0.15) is 11.4 Å². The van der Waals surface area contributed by atoms with Gasteiger partial charge in [-0.25, -0.2) is 14.0 Å². The third-order valence-corrected chi connectivity index (χ3v) is 6.27. The fourth-order valence-corrected chi connectivity index (χ4v) is 3.73. The van der Waals surface area contributed by atoms with Crippen LogP contribution in [0.3, 0.4) is 0 Å². The highest BCUT2D eigenvalue weighted by molar-refractivity contribution is 5.97. The maximum absolute atomic E-state index is 14.0. The molecular weight excluding hydrogens is 596 g/mol. The summed E-state index contributed by atoms with van der Waals surface area (Å²) in [6.07, 6.45) is -17.1. The number of carbonyl (C=O) groups excluding carboxylic acids is 2. The summed E-state index contributed by atoms with van der Waals surface area (Å²) in [5.41, 5.74) is -7.53. The molecule has 1 aliphatic heterocycles. The standard InChI is InChI=1S/C25H23F10N3O4/c1-22(2,25(33,34)35)41-11-10-37-8-9-38(20(37)39)18-13-14(23(27,28)29)12-17(24(30,31)32)19(18)42-21(40)36(3)16-6-4-15(26)5-7-16/h4-7,12-13H,8-11H2,1-3H3. The van der Waals surface area contributed by atoms with Crippen LogP contribution in [0.2, 0.25) is 0 Å². The van der Waals surface area contributed by atoms with Gasteiger partial charge in [0.05, 0.1) is 17.9 Å². The van der Waals surface area contributed by atoms with Crippen molar-refractivity contribution in [1.29, 1.82) is 0 Å². The molecule has 0 saturated carbocycles. The van der Waals surface area contributed by atoms with Crippen molar-refractivity contribution in [3.05, 3.63) is 53.3 Å². The molecule has 0 aliphatic carbocycles. The quantitative estimate of drug-likeness (QED) is 0.311. The lowest BCUT2D eigenvalue weighted by atomic mass is 10.1. The van der Waals surface area contributed by atoms with E-state index in [1.54, 1.807) is 0 Å². The zero-order chi connectivity index (χ0) is 31.8. The number of hydrogen-bond donors (Lipinski definition) is 0. The lowest BCUT2D eigenvalue weighted by molar-refractivity contribution is -0.263. The predicted molar refractivity (Wildman–Crippen MR) is 128 cm³/mol. The average molecular weight is 619 g/mol. The van der Waals surface area contributed by atoms with Crippen molar-refractivity contribution in [3.63, 3.8) is 0 Å². The molecule has 1 fully saturated rings.